The van der Waals surface area contributed by atoms with Crippen molar-refractivity contribution in [2.24, 2.45) is 33.1 Å². The number of halogens is 1. The molecule has 2 aromatic carbocycles. The summed E-state index contributed by atoms with van der Waals surface area (Å²) in [5, 5.41) is 13.5. The number of piperidine rings is 1. The normalized spacial score (nSPS) is 18.0. The van der Waals surface area contributed by atoms with Gasteiger partial charge in [-0.3, -0.25) is 14.6 Å². The number of amides is 2. The molecule has 2 amide bonds. The van der Waals surface area contributed by atoms with Crippen LogP contribution in [0.1, 0.15) is 74.5 Å². The van der Waals surface area contributed by atoms with Crippen molar-refractivity contribution >= 4 is 36.0 Å². The molecule has 4 rings (SSSR count). The minimum atomic E-state index is -0.673. The number of hydrogen-bond acceptors (Lipinski definition) is 6. The number of hydrogen-bond donors (Lipinski definition) is 3. The van der Waals surface area contributed by atoms with Crippen molar-refractivity contribution in [1.29, 1.82) is 0 Å². The highest BCUT2D eigenvalue weighted by molar-refractivity contribution is 6.30. The van der Waals surface area contributed by atoms with Gasteiger partial charge in [-0.1, -0.05) is 67.3 Å². The van der Waals surface area contributed by atoms with Crippen LogP contribution in [0.5, 0.6) is 0 Å². The first-order valence-electron chi connectivity index (χ1n) is 15.8. The van der Waals surface area contributed by atoms with E-state index in [-0.39, 0.29) is 23.7 Å². The Morgan fingerprint density at radius 3 is 2.36 bits per heavy atom. The van der Waals surface area contributed by atoms with Crippen LogP contribution in [0, 0.1) is 11.3 Å². The Hall–Kier alpha value is -3.43. The molecule has 0 spiro atoms. The Kier molecular flexibility index (Phi) is 12.2. The number of nitrogens with two attached hydrogens (primary N) is 2. The summed E-state index contributed by atoms with van der Waals surface area (Å²) >= 11 is 6.12. The summed E-state index contributed by atoms with van der Waals surface area (Å²) in [6, 6.07) is 14.7. The summed E-state index contributed by atoms with van der Waals surface area (Å²) in [6.07, 6.45) is 9.73. The standard InChI is InChI=1S/C34H48ClN7O2/c1-38-41(2)31(40-37)23-34(28-10-4-3-5-11-28)18-20-42(21-19-34)33(44)30(22-25-12-15-29(35)16-13-25)39-32(43)17-14-26-8-6-7-9-27(26)24-36/h6-9,12-13,15-16,28,30H,1,3-5,10-11,14,17-24,36-37H2,2H3,(H,39,43)/b40-31-/t30-/m0/s1. The average Bonchev–Trinajstić information content (AvgIpc) is 3.07. The van der Waals surface area contributed by atoms with Gasteiger partial charge < -0.3 is 21.8 Å². The summed E-state index contributed by atoms with van der Waals surface area (Å²) in [5.74, 6) is 6.88. The number of carbonyl (C=O) groups is 2. The topological polar surface area (TPSA) is 129 Å². The molecule has 0 aromatic heterocycles. The Morgan fingerprint density at radius 1 is 1.09 bits per heavy atom. The molecule has 0 radical (unpaired) electrons. The summed E-state index contributed by atoms with van der Waals surface area (Å²) in [6.45, 7) is 5.32. The largest absolute Gasteiger partial charge is 0.344 e. The van der Waals surface area contributed by atoms with Gasteiger partial charge in [0.2, 0.25) is 11.8 Å². The van der Waals surface area contributed by atoms with Gasteiger partial charge >= 0.3 is 0 Å². The molecule has 0 bridgehead atoms. The van der Waals surface area contributed by atoms with Crippen molar-refractivity contribution in [2.75, 3.05) is 20.1 Å². The third kappa shape index (κ3) is 8.60. The van der Waals surface area contributed by atoms with E-state index in [0.717, 1.165) is 35.4 Å². The first-order valence-corrected chi connectivity index (χ1v) is 16.2. The van der Waals surface area contributed by atoms with E-state index >= 15 is 0 Å². The van der Waals surface area contributed by atoms with Crippen LogP contribution in [0.2, 0.25) is 5.02 Å². The Balaban J connectivity index is 1.48. The van der Waals surface area contributed by atoms with Crippen molar-refractivity contribution < 1.29 is 9.59 Å². The summed E-state index contributed by atoms with van der Waals surface area (Å²) in [7, 11) is 1.82. The van der Waals surface area contributed by atoms with E-state index in [1.54, 1.807) is 5.01 Å². The lowest BCUT2D eigenvalue weighted by Gasteiger charge is -2.49. The first kappa shape index (κ1) is 33.5. The maximum absolute atomic E-state index is 14.1. The lowest BCUT2D eigenvalue weighted by molar-refractivity contribution is -0.139. The molecule has 2 fully saturated rings. The highest BCUT2D eigenvalue weighted by Crippen LogP contribution is 2.48. The van der Waals surface area contributed by atoms with Gasteiger partial charge in [-0.25, -0.2) is 0 Å². The molecule has 1 saturated heterocycles. The summed E-state index contributed by atoms with van der Waals surface area (Å²) in [4.78, 5) is 29.3. The zero-order chi connectivity index (χ0) is 31.5. The zero-order valence-electron chi connectivity index (χ0n) is 26.0. The van der Waals surface area contributed by atoms with Gasteiger partial charge in [-0.05, 0) is 72.3 Å². The van der Waals surface area contributed by atoms with E-state index in [2.05, 4.69) is 22.2 Å². The monoisotopic (exact) mass is 621 g/mol. The number of carbonyl (C=O) groups excluding carboxylic acids is 2. The highest BCUT2D eigenvalue weighted by Gasteiger charge is 2.44. The van der Waals surface area contributed by atoms with E-state index in [9.17, 15) is 9.59 Å². The predicted molar refractivity (Wildman–Crippen MR) is 178 cm³/mol. The van der Waals surface area contributed by atoms with E-state index in [1.807, 2.05) is 60.5 Å². The third-order valence-electron chi connectivity index (χ3n) is 9.73. The molecule has 1 aliphatic carbocycles. The molecule has 1 atom stereocenters. The number of hydrazone groups is 2. The number of nitrogens with zero attached hydrogens (tertiary/aromatic N) is 4. The van der Waals surface area contributed by atoms with Crippen LogP contribution in [0.4, 0.5) is 0 Å². The van der Waals surface area contributed by atoms with Gasteiger partial charge in [0.25, 0.3) is 0 Å². The lowest BCUT2D eigenvalue weighted by atomic mass is 9.62. The van der Waals surface area contributed by atoms with Gasteiger partial charge in [0.05, 0.1) is 0 Å². The second-order valence-electron chi connectivity index (χ2n) is 12.3. The Labute approximate surface area is 267 Å². The Morgan fingerprint density at radius 2 is 1.75 bits per heavy atom. The fourth-order valence-corrected chi connectivity index (χ4v) is 7.17. The molecule has 1 saturated carbocycles. The smallest absolute Gasteiger partial charge is 0.245 e. The van der Waals surface area contributed by atoms with Crippen LogP contribution in [-0.4, -0.2) is 60.5 Å². The van der Waals surface area contributed by atoms with Crippen LogP contribution in [0.25, 0.3) is 0 Å². The summed E-state index contributed by atoms with van der Waals surface area (Å²) in [5.41, 5.74) is 8.91. The zero-order valence-corrected chi connectivity index (χ0v) is 26.8. The molecule has 2 aromatic rings. The van der Waals surface area contributed by atoms with Crippen LogP contribution in [-0.2, 0) is 29.0 Å². The fourth-order valence-electron chi connectivity index (χ4n) is 7.05. The van der Waals surface area contributed by atoms with Crippen LogP contribution in [0.15, 0.2) is 58.7 Å². The molecule has 1 aliphatic heterocycles. The molecule has 44 heavy (non-hydrogen) atoms. The SMILES string of the molecule is C=NN(C)/C(CC1(C2CCCCC2)CCN(C(=O)[C@H](Cc2ccc(Cl)cc2)NC(=O)CCc2ccccc2CN)CC1)=N\N. The van der Waals surface area contributed by atoms with Crippen molar-refractivity contribution in [2.45, 2.75) is 83.2 Å². The van der Waals surface area contributed by atoms with Crippen LogP contribution in [0.3, 0.4) is 0 Å². The average molecular weight is 622 g/mol. The van der Waals surface area contributed by atoms with Crippen molar-refractivity contribution in [3.63, 3.8) is 0 Å². The number of nitrogens with one attached hydrogen (secondary N) is 1. The molecule has 10 heteroatoms. The molecule has 5 N–H and O–H groups in total. The van der Waals surface area contributed by atoms with E-state index in [4.69, 9.17) is 23.2 Å². The number of aryl methyl sites for hydroxylation is 1. The Bertz CT molecular complexity index is 1280. The van der Waals surface area contributed by atoms with Gasteiger partial charge in [0.1, 0.15) is 11.9 Å². The number of benzene rings is 2. The molecule has 0 unspecified atom stereocenters. The van der Waals surface area contributed by atoms with Crippen molar-refractivity contribution in [1.82, 2.24) is 15.2 Å². The maximum atomic E-state index is 14.1. The van der Waals surface area contributed by atoms with Crippen LogP contribution < -0.4 is 16.9 Å². The van der Waals surface area contributed by atoms with Crippen molar-refractivity contribution in [3.8, 4) is 0 Å². The van der Waals surface area contributed by atoms with E-state index in [1.165, 1.54) is 32.1 Å². The van der Waals surface area contributed by atoms with Gasteiger partial charge in [-0.2, -0.15) is 10.2 Å². The highest BCUT2D eigenvalue weighted by atomic mass is 35.5. The fraction of sp³-hybridized carbons (Fsp3) is 0.529. The second kappa shape index (κ2) is 16.0. The molecule has 238 valence electrons. The van der Waals surface area contributed by atoms with Gasteiger partial charge in [0, 0.05) is 57.7 Å². The summed E-state index contributed by atoms with van der Waals surface area (Å²) < 4.78 is 0. The minimum absolute atomic E-state index is 0.0142. The molecule has 2 aliphatic rings. The van der Waals surface area contributed by atoms with Crippen LogP contribution >= 0.6 is 11.6 Å². The predicted octanol–water partition coefficient (Wildman–Crippen LogP) is 4.86. The van der Waals surface area contributed by atoms with E-state index in [0.29, 0.717) is 49.8 Å². The van der Waals surface area contributed by atoms with E-state index < -0.39 is 6.04 Å². The van der Waals surface area contributed by atoms with Gasteiger partial charge in [-0.15, -0.1) is 0 Å². The van der Waals surface area contributed by atoms with Gasteiger partial charge in [0.15, 0.2) is 0 Å². The quantitative estimate of drug-likeness (QED) is 0.135. The number of rotatable bonds is 12. The lowest BCUT2D eigenvalue weighted by Crippen LogP contribution is -2.54. The molecule has 1 heterocycles. The minimum Gasteiger partial charge on any atom is -0.344 e. The molecular formula is C34H48ClN7O2. The van der Waals surface area contributed by atoms with Crippen molar-refractivity contribution in [3.05, 3.63) is 70.2 Å². The second-order valence-corrected chi connectivity index (χ2v) is 12.8. The third-order valence-corrected chi connectivity index (χ3v) is 9.99. The molecular weight excluding hydrogens is 574 g/mol. The first-order chi connectivity index (χ1) is 21.3. The number of likely N-dealkylation sites (tertiary alicyclic amines) is 1. The molecule has 9 nitrogen and oxygen atoms in total. The number of amidine groups is 1. The maximum Gasteiger partial charge on any atom is 0.245 e.